The lowest BCUT2D eigenvalue weighted by Gasteiger charge is -2.12. The third-order valence-corrected chi connectivity index (χ3v) is 6.37. The Labute approximate surface area is 231 Å². The molecule has 0 aliphatic heterocycles. The maximum atomic E-state index is 12.9. The molecule has 5 rings (SSSR count). The van der Waals surface area contributed by atoms with Gasteiger partial charge < -0.3 is 18.9 Å². The number of nitrogens with zero attached hydrogens (tertiary/aromatic N) is 2. The van der Waals surface area contributed by atoms with Crippen LogP contribution >= 0.6 is 0 Å². The lowest BCUT2D eigenvalue weighted by molar-refractivity contribution is 0.0474. The monoisotopic (exact) mass is 534 g/mol. The molecular weight excluding hydrogens is 508 g/mol. The first kappa shape index (κ1) is 26.4. The fourth-order valence-electron chi connectivity index (χ4n) is 4.25. The first-order valence-electron chi connectivity index (χ1n) is 12.4. The topological polar surface area (TPSA) is 96.8 Å². The van der Waals surface area contributed by atoms with E-state index in [0.29, 0.717) is 33.7 Å². The molecule has 0 atom stereocenters. The zero-order valence-electron chi connectivity index (χ0n) is 22.2. The molecule has 4 aromatic carbocycles. The van der Waals surface area contributed by atoms with Crippen molar-refractivity contribution in [3.63, 3.8) is 0 Å². The molecule has 1 aromatic heterocycles. The van der Waals surface area contributed by atoms with Crippen LogP contribution in [0.3, 0.4) is 0 Å². The second-order valence-electron chi connectivity index (χ2n) is 8.78. The molecule has 0 saturated carbocycles. The standard InChI is InChI=1S/C32H26N2O6/c1-37-23-13-8-20(9-14-23)30-31(21-10-15-24(38-2)16-11-21)34-27-18-22(12-17-26(27)33-30)32(36)40-19-28(35)25-6-4-5-7-29(25)39-3/h4-18H,19H2,1-3H3. The van der Waals surface area contributed by atoms with E-state index in [0.717, 1.165) is 22.6 Å². The van der Waals surface area contributed by atoms with Gasteiger partial charge in [-0.2, -0.15) is 0 Å². The number of hydrogen-bond acceptors (Lipinski definition) is 8. The number of rotatable bonds is 9. The highest BCUT2D eigenvalue weighted by Gasteiger charge is 2.18. The molecule has 0 fully saturated rings. The van der Waals surface area contributed by atoms with Gasteiger partial charge in [0, 0.05) is 11.1 Å². The number of benzene rings is 4. The van der Waals surface area contributed by atoms with Gasteiger partial charge in [-0.25, -0.2) is 14.8 Å². The predicted molar refractivity (Wildman–Crippen MR) is 151 cm³/mol. The SMILES string of the molecule is COc1ccc(-c2nc3ccc(C(=O)OCC(=O)c4ccccc4OC)cc3nc2-c2ccc(OC)cc2)cc1. The maximum Gasteiger partial charge on any atom is 0.338 e. The van der Waals surface area contributed by atoms with Crippen molar-refractivity contribution in [1.29, 1.82) is 0 Å². The van der Waals surface area contributed by atoms with E-state index in [9.17, 15) is 9.59 Å². The fourth-order valence-corrected chi connectivity index (χ4v) is 4.25. The highest BCUT2D eigenvalue weighted by Crippen LogP contribution is 2.33. The highest BCUT2D eigenvalue weighted by atomic mass is 16.5. The van der Waals surface area contributed by atoms with Gasteiger partial charge in [0.25, 0.3) is 0 Å². The summed E-state index contributed by atoms with van der Waals surface area (Å²) >= 11 is 0. The third-order valence-electron chi connectivity index (χ3n) is 6.37. The minimum atomic E-state index is -0.642. The second kappa shape index (κ2) is 11.7. The van der Waals surface area contributed by atoms with Crippen LogP contribution in [0.2, 0.25) is 0 Å². The normalized spacial score (nSPS) is 10.7. The Morgan fingerprint density at radius 3 is 1.80 bits per heavy atom. The van der Waals surface area contributed by atoms with Crippen LogP contribution in [0.5, 0.6) is 17.2 Å². The zero-order chi connectivity index (χ0) is 28.1. The molecule has 8 heteroatoms. The summed E-state index contributed by atoms with van der Waals surface area (Å²) in [4.78, 5) is 35.3. The average Bonchev–Trinajstić information content (AvgIpc) is 3.02. The first-order valence-corrected chi connectivity index (χ1v) is 12.4. The Hall–Kier alpha value is -5.24. The summed E-state index contributed by atoms with van der Waals surface area (Å²) in [6, 6.07) is 26.8. The molecule has 200 valence electrons. The number of fused-ring (bicyclic) bond motifs is 1. The van der Waals surface area contributed by atoms with Crippen molar-refractivity contribution in [3.05, 3.63) is 102 Å². The maximum absolute atomic E-state index is 12.9. The van der Waals surface area contributed by atoms with Gasteiger partial charge >= 0.3 is 5.97 Å². The van der Waals surface area contributed by atoms with Gasteiger partial charge in [0.05, 0.1) is 54.9 Å². The summed E-state index contributed by atoms with van der Waals surface area (Å²) < 4.78 is 21.2. The lowest BCUT2D eigenvalue weighted by Crippen LogP contribution is -2.15. The summed E-state index contributed by atoms with van der Waals surface area (Å²) in [6.07, 6.45) is 0. The Kier molecular flexibility index (Phi) is 7.68. The summed E-state index contributed by atoms with van der Waals surface area (Å²) in [7, 11) is 4.71. The number of esters is 1. The third kappa shape index (κ3) is 5.47. The second-order valence-corrected chi connectivity index (χ2v) is 8.78. The fraction of sp³-hybridized carbons (Fsp3) is 0.125. The minimum Gasteiger partial charge on any atom is -0.497 e. The number of ketones is 1. The number of hydrogen-bond donors (Lipinski definition) is 0. The molecule has 40 heavy (non-hydrogen) atoms. The van der Waals surface area contributed by atoms with Gasteiger partial charge in [0.1, 0.15) is 17.2 Å². The number of Topliss-reactive ketones (excluding diaryl/α,β-unsaturated/α-hetero) is 1. The molecule has 8 nitrogen and oxygen atoms in total. The number of aromatic nitrogens is 2. The summed E-state index contributed by atoms with van der Waals surface area (Å²) in [6.45, 7) is -0.420. The zero-order valence-corrected chi connectivity index (χ0v) is 22.2. The van der Waals surface area contributed by atoms with Gasteiger partial charge in [-0.05, 0) is 78.9 Å². The van der Waals surface area contributed by atoms with Crippen molar-refractivity contribution >= 4 is 22.8 Å². The van der Waals surface area contributed by atoms with Crippen LogP contribution in [0.1, 0.15) is 20.7 Å². The molecule has 0 unspecified atom stereocenters. The van der Waals surface area contributed by atoms with Crippen molar-refractivity contribution in [3.8, 4) is 39.8 Å². The predicted octanol–water partition coefficient (Wildman–Crippen LogP) is 6.03. The molecule has 0 bridgehead atoms. The van der Waals surface area contributed by atoms with Crippen molar-refractivity contribution in [1.82, 2.24) is 9.97 Å². The van der Waals surface area contributed by atoms with E-state index in [1.165, 1.54) is 7.11 Å². The number of carbonyl (C=O) groups excluding carboxylic acids is 2. The van der Waals surface area contributed by atoms with Crippen LogP contribution in [-0.4, -0.2) is 49.7 Å². The quantitative estimate of drug-likeness (QED) is 0.167. The van der Waals surface area contributed by atoms with Gasteiger partial charge in [-0.1, -0.05) is 12.1 Å². The average molecular weight is 535 g/mol. The summed E-state index contributed by atoms with van der Waals surface area (Å²) in [5.74, 6) is 0.866. The van der Waals surface area contributed by atoms with Crippen LogP contribution in [0.4, 0.5) is 0 Å². The van der Waals surface area contributed by atoms with Gasteiger partial charge in [-0.3, -0.25) is 4.79 Å². The summed E-state index contributed by atoms with van der Waals surface area (Å²) in [5, 5.41) is 0. The van der Waals surface area contributed by atoms with E-state index < -0.39 is 12.6 Å². The molecule has 0 aliphatic carbocycles. The lowest BCUT2D eigenvalue weighted by atomic mass is 10.0. The van der Waals surface area contributed by atoms with E-state index in [4.69, 9.17) is 28.9 Å². The van der Waals surface area contributed by atoms with Crippen molar-refractivity contribution in [2.45, 2.75) is 0 Å². The van der Waals surface area contributed by atoms with Crippen molar-refractivity contribution < 1.29 is 28.5 Å². The van der Waals surface area contributed by atoms with Crippen molar-refractivity contribution in [2.75, 3.05) is 27.9 Å². The molecule has 0 radical (unpaired) electrons. The molecule has 5 aromatic rings. The van der Waals surface area contributed by atoms with Crippen LogP contribution in [0.15, 0.2) is 91.0 Å². The minimum absolute atomic E-state index is 0.257. The van der Waals surface area contributed by atoms with E-state index in [1.807, 2.05) is 48.5 Å². The number of ether oxygens (including phenoxy) is 4. The molecule has 0 aliphatic rings. The molecular formula is C32H26N2O6. The molecule has 0 saturated heterocycles. The Bertz CT molecular complexity index is 1680. The van der Waals surface area contributed by atoms with Crippen LogP contribution in [0, 0.1) is 0 Å². The van der Waals surface area contributed by atoms with Gasteiger partial charge in [0.2, 0.25) is 5.78 Å². The highest BCUT2D eigenvalue weighted by molar-refractivity contribution is 6.02. The van der Waals surface area contributed by atoms with Crippen molar-refractivity contribution in [2.24, 2.45) is 0 Å². The van der Waals surface area contributed by atoms with Gasteiger partial charge in [-0.15, -0.1) is 0 Å². The summed E-state index contributed by atoms with van der Waals surface area (Å²) in [5.41, 5.74) is 4.72. The smallest absolute Gasteiger partial charge is 0.338 e. The molecule has 0 amide bonds. The Balaban J connectivity index is 1.48. The van der Waals surface area contributed by atoms with Crippen LogP contribution in [-0.2, 0) is 4.74 Å². The number of carbonyl (C=O) groups is 2. The molecule has 1 heterocycles. The van der Waals surface area contributed by atoms with Crippen LogP contribution < -0.4 is 14.2 Å². The molecule has 0 spiro atoms. The Morgan fingerprint density at radius 2 is 1.23 bits per heavy atom. The van der Waals surface area contributed by atoms with Gasteiger partial charge in [0.15, 0.2) is 6.61 Å². The van der Waals surface area contributed by atoms with E-state index in [2.05, 4.69) is 0 Å². The van der Waals surface area contributed by atoms with E-state index >= 15 is 0 Å². The largest absolute Gasteiger partial charge is 0.497 e. The Morgan fingerprint density at radius 1 is 0.650 bits per heavy atom. The number of para-hydroxylation sites is 1. The number of methoxy groups -OCH3 is 3. The van der Waals surface area contributed by atoms with E-state index in [-0.39, 0.29) is 11.3 Å². The van der Waals surface area contributed by atoms with E-state index in [1.54, 1.807) is 56.7 Å². The molecule has 0 N–H and O–H groups in total. The first-order chi connectivity index (χ1) is 19.5. The van der Waals surface area contributed by atoms with Crippen LogP contribution in [0.25, 0.3) is 33.5 Å².